The Bertz CT molecular complexity index is 580. The largest absolute Gasteiger partial charge is 0.497 e. The van der Waals surface area contributed by atoms with Gasteiger partial charge in [-0.15, -0.1) is 0 Å². The zero-order chi connectivity index (χ0) is 14.5. The fourth-order valence-electron chi connectivity index (χ4n) is 2.07. The number of pyridine rings is 1. The molecule has 0 saturated heterocycles. The fraction of sp³-hybridized carbons (Fsp3) is 0.353. The molecule has 1 N–H and O–H groups in total. The molecular weight excluding hydrogens is 264 g/mol. The van der Waals surface area contributed by atoms with Crippen LogP contribution in [0, 0.1) is 0 Å². The molecule has 0 unspecified atom stereocenters. The zero-order valence-corrected chi connectivity index (χ0v) is 12.2. The van der Waals surface area contributed by atoms with Gasteiger partial charge < -0.3 is 14.8 Å². The van der Waals surface area contributed by atoms with Gasteiger partial charge in [0.25, 0.3) is 0 Å². The lowest BCUT2D eigenvalue weighted by Gasteiger charge is -2.08. The van der Waals surface area contributed by atoms with Gasteiger partial charge in [0.2, 0.25) is 5.88 Å². The van der Waals surface area contributed by atoms with Crippen molar-refractivity contribution in [3.05, 3.63) is 53.7 Å². The zero-order valence-electron chi connectivity index (χ0n) is 12.2. The maximum Gasteiger partial charge on any atom is 0.213 e. The predicted molar refractivity (Wildman–Crippen MR) is 81.4 cm³/mol. The minimum absolute atomic E-state index is 0.490. The summed E-state index contributed by atoms with van der Waals surface area (Å²) >= 11 is 0. The Morgan fingerprint density at radius 3 is 2.81 bits per heavy atom. The Morgan fingerprint density at radius 2 is 2.10 bits per heavy atom. The van der Waals surface area contributed by atoms with Gasteiger partial charge in [-0.05, 0) is 36.1 Å². The lowest BCUT2D eigenvalue weighted by atomic mass is 10.2. The first-order chi connectivity index (χ1) is 10.3. The molecule has 1 heterocycles. The van der Waals surface area contributed by atoms with E-state index in [-0.39, 0.29) is 0 Å². The van der Waals surface area contributed by atoms with Crippen LogP contribution < -0.4 is 14.8 Å². The smallest absolute Gasteiger partial charge is 0.213 e. The highest BCUT2D eigenvalue weighted by Crippen LogP contribution is 2.19. The lowest BCUT2D eigenvalue weighted by molar-refractivity contribution is 0.293. The number of nitrogens with zero attached hydrogens (tertiary/aromatic N) is 1. The first kappa shape index (κ1) is 13.9. The first-order valence-electron chi connectivity index (χ1n) is 7.27. The number of nitrogens with one attached hydrogen (secondary N) is 1. The van der Waals surface area contributed by atoms with Crippen molar-refractivity contribution >= 4 is 0 Å². The lowest BCUT2D eigenvalue weighted by Crippen LogP contribution is -2.15. The minimum atomic E-state index is 0.490. The predicted octanol–water partition coefficient (Wildman–Crippen LogP) is 2.92. The Balaban J connectivity index is 1.52. The van der Waals surface area contributed by atoms with Crippen molar-refractivity contribution in [1.82, 2.24) is 10.3 Å². The number of aromatic nitrogens is 1. The molecule has 21 heavy (non-hydrogen) atoms. The van der Waals surface area contributed by atoms with Gasteiger partial charge in [0.05, 0.1) is 7.11 Å². The molecule has 4 nitrogen and oxygen atoms in total. The average Bonchev–Trinajstić information content (AvgIpc) is 3.36. The number of benzene rings is 1. The topological polar surface area (TPSA) is 43.4 Å². The van der Waals surface area contributed by atoms with E-state index in [2.05, 4.69) is 16.4 Å². The summed E-state index contributed by atoms with van der Waals surface area (Å²) in [6.07, 6.45) is 4.47. The van der Waals surface area contributed by atoms with Gasteiger partial charge in [0.1, 0.15) is 12.4 Å². The van der Waals surface area contributed by atoms with Gasteiger partial charge in [-0.1, -0.05) is 18.2 Å². The molecule has 0 bridgehead atoms. The molecule has 1 aromatic carbocycles. The highest BCUT2D eigenvalue weighted by atomic mass is 16.5. The SMILES string of the molecule is COc1cccc(COc2ccc(CNC3CC3)cn2)c1. The van der Waals surface area contributed by atoms with Crippen LogP contribution in [0.4, 0.5) is 0 Å². The number of methoxy groups -OCH3 is 1. The van der Waals surface area contributed by atoms with Crippen LogP contribution in [-0.4, -0.2) is 18.1 Å². The minimum Gasteiger partial charge on any atom is -0.497 e. The molecule has 1 aliphatic carbocycles. The maximum atomic E-state index is 5.70. The first-order valence-corrected chi connectivity index (χ1v) is 7.27. The summed E-state index contributed by atoms with van der Waals surface area (Å²) in [4.78, 5) is 4.34. The summed E-state index contributed by atoms with van der Waals surface area (Å²) in [5, 5.41) is 3.47. The van der Waals surface area contributed by atoms with Crippen LogP contribution in [-0.2, 0) is 13.2 Å². The molecular formula is C17H20N2O2. The monoisotopic (exact) mass is 284 g/mol. The van der Waals surface area contributed by atoms with Gasteiger partial charge in [-0.3, -0.25) is 0 Å². The van der Waals surface area contributed by atoms with Gasteiger partial charge in [-0.25, -0.2) is 4.98 Å². The van der Waals surface area contributed by atoms with Crippen LogP contribution in [0.2, 0.25) is 0 Å². The van der Waals surface area contributed by atoms with E-state index in [0.29, 0.717) is 18.5 Å². The van der Waals surface area contributed by atoms with Crippen LogP contribution in [0.1, 0.15) is 24.0 Å². The molecule has 4 heteroatoms. The molecule has 1 aromatic heterocycles. The Morgan fingerprint density at radius 1 is 1.19 bits per heavy atom. The Kier molecular flexibility index (Phi) is 4.36. The molecule has 0 aliphatic heterocycles. The number of ether oxygens (including phenoxy) is 2. The van der Waals surface area contributed by atoms with Crippen LogP contribution in [0.25, 0.3) is 0 Å². The van der Waals surface area contributed by atoms with E-state index in [9.17, 15) is 0 Å². The average molecular weight is 284 g/mol. The Labute approximate surface area is 125 Å². The summed E-state index contributed by atoms with van der Waals surface area (Å²) in [5.41, 5.74) is 2.26. The second-order valence-electron chi connectivity index (χ2n) is 5.30. The summed E-state index contributed by atoms with van der Waals surface area (Å²) < 4.78 is 10.9. The molecule has 2 aromatic rings. The number of hydrogen-bond donors (Lipinski definition) is 1. The van der Waals surface area contributed by atoms with Gasteiger partial charge in [0, 0.05) is 24.8 Å². The van der Waals surface area contributed by atoms with Crippen molar-refractivity contribution in [2.75, 3.05) is 7.11 Å². The maximum absolute atomic E-state index is 5.70. The summed E-state index contributed by atoms with van der Waals surface area (Å²) in [6, 6.07) is 12.5. The fourth-order valence-corrected chi connectivity index (χ4v) is 2.07. The van der Waals surface area contributed by atoms with E-state index in [4.69, 9.17) is 9.47 Å². The van der Waals surface area contributed by atoms with Crippen LogP contribution in [0.5, 0.6) is 11.6 Å². The van der Waals surface area contributed by atoms with Crippen LogP contribution in [0.3, 0.4) is 0 Å². The summed E-state index contributed by atoms with van der Waals surface area (Å²) in [6.45, 7) is 1.37. The third-order valence-electron chi connectivity index (χ3n) is 3.49. The van der Waals surface area contributed by atoms with Crippen molar-refractivity contribution in [3.8, 4) is 11.6 Å². The van der Waals surface area contributed by atoms with Crippen molar-refractivity contribution in [2.24, 2.45) is 0 Å². The molecule has 0 atom stereocenters. The highest BCUT2D eigenvalue weighted by Gasteiger charge is 2.19. The van der Waals surface area contributed by atoms with Crippen molar-refractivity contribution in [2.45, 2.75) is 32.0 Å². The van der Waals surface area contributed by atoms with E-state index < -0.39 is 0 Å². The van der Waals surface area contributed by atoms with E-state index in [1.54, 1.807) is 7.11 Å². The van der Waals surface area contributed by atoms with Crippen molar-refractivity contribution in [3.63, 3.8) is 0 Å². The van der Waals surface area contributed by atoms with Crippen LogP contribution in [0.15, 0.2) is 42.6 Å². The van der Waals surface area contributed by atoms with Crippen LogP contribution >= 0.6 is 0 Å². The molecule has 0 spiro atoms. The second-order valence-corrected chi connectivity index (χ2v) is 5.30. The van der Waals surface area contributed by atoms with E-state index in [1.807, 2.05) is 36.5 Å². The summed E-state index contributed by atoms with van der Waals surface area (Å²) in [5.74, 6) is 1.48. The molecule has 0 amide bonds. The number of rotatable bonds is 7. The molecule has 110 valence electrons. The van der Waals surface area contributed by atoms with Crippen molar-refractivity contribution < 1.29 is 9.47 Å². The third-order valence-corrected chi connectivity index (χ3v) is 3.49. The molecule has 0 radical (unpaired) electrons. The number of hydrogen-bond acceptors (Lipinski definition) is 4. The normalized spacial score (nSPS) is 14.0. The van der Waals surface area contributed by atoms with Crippen molar-refractivity contribution in [1.29, 1.82) is 0 Å². The molecule has 3 rings (SSSR count). The molecule has 1 fully saturated rings. The van der Waals surface area contributed by atoms with Gasteiger partial charge in [0.15, 0.2) is 0 Å². The quantitative estimate of drug-likeness (QED) is 0.849. The van der Waals surface area contributed by atoms with Gasteiger partial charge in [-0.2, -0.15) is 0 Å². The Hall–Kier alpha value is -2.07. The van der Waals surface area contributed by atoms with Gasteiger partial charge >= 0.3 is 0 Å². The van der Waals surface area contributed by atoms with E-state index in [1.165, 1.54) is 18.4 Å². The third kappa shape index (κ3) is 4.20. The summed E-state index contributed by atoms with van der Waals surface area (Å²) in [7, 11) is 1.66. The standard InChI is InChI=1S/C17H20N2O2/c1-20-16-4-2-3-13(9-16)12-21-17-8-5-14(11-19-17)10-18-15-6-7-15/h2-5,8-9,11,15,18H,6-7,10,12H2,1H3. The van der Waals surface area contributed by atoms with E-state index >= 15 is 0 Å². The second kappa shape index (κ2) is 6.59. The molecule has 1 aliphatic rings. The highest BCUT2D eigenvalue weighted by molar-refractivity contribution is 5.28. The van der Waals surface area contributed by atoms with E-state index in [0.717, 1.165) is 17.9 Å². The molecule has 1 saturated carbocycles.